The Labute approximate surface area is 75.1 Å². The predicted octanol–water partition coefficient (Wildman–Crippen LogP) is 1.16. The summed E-state index contributed by atoms with van der Waals surface area (Å²) in [5.41, 5.74) is 4.21. The quantitative estimate of drug-likeness (QED) is 0.572. The first-order chi connectivity index (χ1) is 5.68. The highest BCUT2D eigenvalue weighted by atomic mass is 16.5. The Balaban J connectivity index is 3.96. The number of rotatable bonds is 7. The first-order valence-electron chi connectivity index (χ1n) is 4.24. The summed E-state index contributed by atoms with van der Waals surface area (Å²) in [5.74, 6) is 0. The summed E-state index contributed by atoms with van der Waals surface area (Å²) >= 11 is 0. The molecule has 2 heteroatoms. The maximum absolute atomic E-state index is 5.02. The van der Waals surface area contributed by atoms with E-state index in [1.54, 1.807) is 7.11 Å². The van der Waals surface area contributed by atoms with Gasteiger partial charge in [0, 0.05) is 26.4 Å². The Morgan fingerprint density at radius 3 is 2.17 bits per heavy atom. The molecule has 12 heavy (non-hydrogen) atoms. The van der Waals surface area contributed by atoms with Crippen molar-refractivity contribution in [1.82, 2.24) is 0 Å². The van der Waals surface area contributed by atoms with Crippen LogP contribution in [0.15, 0.2) is 25.3 Å². The van der Waals surface area contributed by atoms with Crippen LogP contribution in [0.5, 0.6) is 0 Å². The third-order valence-corrected chi connectivity index (χ3v) is 1.99. The van der Waals surface area contributed by atoms with Crippen LogP contribution in [0.4, 0.5) is 0 Å². The summed E-state index contributed by atoms with van der Waals surface area (Å²) in [4.78, 5) is 0. The molecule has 0 aromatic carbocycles. The van der Waals surface area contributed by atoms with Gasteiger partial charge in [-0.05, 0) is 0 Å². The standard InChI is InChI=1S/C10H19NO/c1-4-6-10(11,7-5-2)8-9-12-3/h4-5H,1-2,6-9,11H2,3H3/p+1. The van der Waals surface area contributed by atoms with E-state index in [1.165, 1.54) is 0 Å². The summed E-state index contributed by atoms with van der Waals surface area (Å²) in [7, 11) is 1.71. The molecule has 0 heterocycles. The van der Waals surface area contributed by atoms with E-state index < -0.39 is 0 Å². The van der Waals surface area contributed by atoms with Crippen LogP contribution in [-0.4, -0.2) is 19.3 Å². The number of methoxy groups -OCH3 is 1. The Morgan fingerprint density at radius 1 is 1.33 bits per heavy atom. The first-order valence-corrected chi connectivity index (χ1v) is 4.24. The molecule has 0 saturated carbocycles. The van der Waals surface area contributed by atoms with Crippen molar-refractivity contribution >= 4 is 0 Å². The number of ether oxygens (including phenoxy) is 1. The summed E-state index contributed by atoms with van der Waals surface area (Å²) < 4.78 is 5.02. The average molecular weight is 170 g/mol. The van der Waals surface area contributed by atoms with Gasteiger partial charge in [-0.2, -0.15) is 0 Å². The molecule has 0 radical (unpaired) electrons. The number of hydrogen-bond donors (Lipinski definition) is 1. The minimum Gasteiger partial charge on any atom is -0.384 e. The van der Waals surface area contributed by atoms with Crippen LogP contribution < -0.4 is 5.73 Å². The van der Waals surface area contributed by atoms with Crippen LogP contribution in [0.3, 0.4) is 0 Å². The molecule has 3 N–H and O–H groups in total. The third-order valence-electron chi connectivity index (χ3n) is 1.99. The molecule has 0 aliphatic carbocycles. The molecular weight excluding hydrogens is 150 g/mol. The van der Waals surface area contributed by atoms with Crippen molar-refractivity contribution in [2.75, 3.05) is 13.7 Å². The highest BCUT2D eigenvalue weighted by molar-refractivity contribution is 4.90. The van der Waals surface area contributed by atoms with E-state index in [1.807, 2.05) is 12.2 Å². The number of hydrogen-bond acceptors (Lipinski definition) is 1. The van der Waals surface area contributed by atoms with Gasteiger partial charge in [-0.1, -0.05) is 12.2 Å². The van der Waals surface area contributed by atoms with Crippen molar-refractivity contribution in [3.8, 4) is 0 Å². The Hall–Kier alpha value is -0.600. The highest BCUT2D eigenvalue weighted by Gasteiger charge is 2.25. The van der Waals surface area contributed by atoms with Gasteiger partial charge in [0.1, 0.15) is 5.54 Å². The largest absolute Gasteiger partial charge is 0.384 e. The van der Waals surface area contributed by atoms with Crippen LogP contribution in [0.25, 0.3) is 0 Å². The zero-order valence-electron chi connectivity index (χ0n) is 8.01. The maximum Gasteiger partial charge on any atom is 0.104 e. The zero-order valence-corrected chi connectivity index (χ0v) is 8.01. The Morgan fingerprint density at radius 2 is 1.83 bits per heavy atom. The van der Waals surface area contributed by atoms with Crippen LogP contribution >= 0.6 is 0 Å². The van der Waals surface area contributed by atoms with Crippen molar-refractivity contribution in [1.29, 1.82) is 0 Å². The van der Waals surface area contributed by atoms with Gasteiger partial charge in [-0.15, -0.1) is 13.2 Å². The van der Waals surface area contributed by atoms with E-state index >= 15 is 0 Å². The van der Waals surface area contributed by atoms with E-state index in [9.17, 15) is 0 Å². The van der Waals surface area contributed by atoms with Gasteiger partial charge in [0.2, 0.25) is 0 Å². The van der Waals surface area contributed by atoms with Gasteiger partial charge < -0.3 is 10.5 Å². The van der Waals surface area contributed by atoms with Crippen LogP contribution in [0, 0.1) is 0 Å². The van der Waals surface area contributed by atoms with Gasteiger partial charge in [0.25, 0.3) is 0 Å². The summed E-state index contributed by atoms with van der Waals surface area (Å²) in [6, 6.07) is 0. The second-order valence-electron chi connectivity index (χ2n) is 3.23. The predicted molar refractivity (Wildman–Crippen MR) is 51.7 cm³/mol. The van der Waals surface area contributed by atoms with Crippen molar-refractivity contribution in [2.24, 2.45) is 0 Å². The van der Waals surface area contributed by atoms with Crippen LogP contribution in [0.1, 0.15) is 19.3 Å². The van der Waals surface area contributed by atoms with Crippen molar-refractivity contribution in [3.05, 3.63) is 25.3 Å². The van der Waals surface area contributed by atoms with Gasteiger partial charge >= 0.3 is 0 Å². The molecule has 0 aromatic heterocycles. The minimum absolute atomic E-state index is 0.0412. The first kappa shape index (κ1) is 11.4. The fraction of sp³-hybridized carbons (Fsp3) is 0.600. The monoisotopic (exact) mass is 170 g/mol. The SMILES string of the molecule is C=CCC([NH3+])(CC=C)CCOC. The van der Waals surface area contributed by atoms with Crippen LogP contribution in [0.2, 0.25) is 0 Å². The average Bonchev–Trinajstić information content (AvgIpc) is 2.02. The van der Waals surface area contributed by atoms with E-state index in [0.717, 1.165) is 25.9 Å². The fourth-order valence-electron chi connectivity index (χ4n) is 1.22. The third kappa shape index (κ3) is 4.31. The molecule has 0 amide bonds. The molecule has 0 bridgehead atoms. The maximum atomic E-state index is 5.02. The van der Waals surface area contributed by atoms with E-state index in [-0.39, 0.29) is 5.54 Å². The smallest absolute Gasteiger partial charge is 0.104 e. The lowest BCUT2D eigenvalue weighted by molar-refractivity contribution is -0.478. The highest BCUT2D eigenvalue weighted by Crippen LogP contribution is 2.15. The summed E-state index contributed by atoms with van der Waals surface area (Å²) in [6.07, 6.45) is 6.62. The van der Waals surface area contributed by atoms with Crippen LogP contribution in [-0.2, 0) is 4.74 Å². The van der Waals surface area contributed by atoms with Gasteiger partial charge in [0.05, 0.1) is 6.61 Å². The summed E-state index contributed by atoms with van der Waals surface area (Å²) in [6.45, 7) is 8.20. The second kappa shape index (κ2) is 5.98. The molecule has 0 rings (SSSR count). The number of quaternary nitrogens is 1. The molecule has 0 aliphatic rings. The summed E-state index contributed by atoms with van der Waals surface area (Å²) in [5, 5.41) is 0. The van der Waals surface area contributed by atoms with Gasteiger partial charge in [0.15, 0.2) is 0 Å². The van der Waals surface area contributed by atoms with Crippen molar-refractivity contribution in [3.63, 3.8) is 0 Å². The topological polar surface area (TPSA) is 36.9 Å². The lowest BCUT2D eigenvalue weighted by Gasteiger charge is -2.22. The molecule has 0 fully saturated rings. The molecule has 70 valence electrons. The fourth-order valence-corrected chi connectivity index (χ4v) is 1.22. The van der Waals surface area contributed by atoms with E-state index in [0.29, 0.717) is 0 Å². The van der Waals surface area contributed by atoms with Crippen molar-refractivity contribution in [2.45, 2.75) is 24.8 Å². The molecule has 2 nitrogen and oxygen atoms in total. The van der Waals surface area contributed by atoms with E-state index in [2.05, 4.69) is 18.9 Å². The zero-order chi connectivity index (χ0) is 9.45. The van der Waals surface area contributed by atoms with Gasteiger partial charge in [-0.25, -0.2) is 0 Å². The molecule has 0 spiro atoms. The Kier molecular flexibility index (Phi) is 5.68. The lowest BCUT2D eigenvalue weighted by atomic mass is 9.89. The minimum atomic E-state index is 0.0412. The normalized spacial score (nSPS) is 11.2. The molecule has 0 aromatic rings. The van der Waals surface area contributed by atoms with E-state index in [4.69, 9.17) is 4.74 Å². The second-order valence-corrected chi connectivity index (χ2v) is 3.23. The molecular formula is C10H20NO+. The van der Waals surface area contributed by atoms with Gasteiger partial charge in [-0.3, -0.25) is 0 Å². The molecule has 0 aliphatic heterocycles. The van der Waals surface area contributed by atoms with Crippen molar-refractivity contribution < 1.29 is 10.5 Å². The molecule has 0 unspecified atom stereocenters. The molecule has 0 atom stereocenters. The lowest BCUT2D eigenvalue weighted by Crippen LogP contribution is -2.72. The molecule has 0 saturated heterocycles. The Bertz CT molecular complexity index is 133.